The maximum Gasteiger partial charge on any atom is 0.242 e. The van der Waals surface area contributed by atoms with Gasteiger partial charge in [0, 0.05) is 12.7 Å². The zero-order valence-electron chi connectivity index (χ0n) is 13.2. The zero-order valence-corrected chi connectivity index (χ0v) is 14.0. The van der Waals surface area contributed by atoms with Crippen LogP contribution >= 0.6 is 11.6 Å². The van der Waals surface area contributed by atoms with Crippen molar-refractivity contribution in [2.75, 3.05) is 25.5 Å². The van der Waals surface area contributed by atoms with Gasteiger partial charge >= 0.3 is 0 Å². The number of hydrogen-bond donors (Lipinski definition) is 1. The third-order valence-corrected chi connectivity index (χ3v) is 3.70. The molecule has 2 rings (SSSR count). The summed E-state index contributed by atoms with van der Waals surface area (Å²) >= 11 is 5.77. The van der Waals surface area contributed by atoms with Crippen LogP contribution in [0.5, 0.6) is 5.75 Å². The van der Waals surface area contributed by atoms with Crippen LogP contribution in [0, 0.1) is 0 Å². The van der Waals surface area contributed by atoms with Gasteiger partial charge in [-0.3, -0.25) is 9.69 Å². The van der Waals surface area contributed by atoms with Crippen molar-refractivity contribution < 1.29 is 9.53 Å². The molecule has 0 radical (unpaired) electrons. The summed E-state index contributed by atoms with van der Waals surface area (Å²) in [5.74, 6) is 1.19. The van der Waals surface area contributed by atoms with Crippen LogP contribution in [0.4, 0.5) is 5.82 Å². The van der Waals surface area contributed by atoms with E-state index >= 15 is 0 Å². The number of aromatic nitrogens is 1. The van der Waals surface area contributed by atoms with Crippen LogP contribution in [0.15, 0.2) is 48.7 Å². The van der Waals surface area contributed by atoms with E-state index in [0.29, 0.717) is 24.0 Å². The number of carbonyl (C=O) groups excluding carboxylic acids is 1. The topological polar surface area (TPSA) is 54.5 Å². The number of nitrogens with one attached hydrogen (secondary N) is 1. The van der Waals surface area contributed by atoms with Crippen LogP contribution in [0.2, 0.25) is 5.02 Å². The minimum Gasteiger partial charge on any atom is -0.492 e. The summed E-state index contributed by atoms with van der Waals surface area (Å²) in [4.78, 5) is 18.2. The molecule has 1 heterocycles. The summed E-state index contributed by atoms with van der Waals surface area (Å²) in [5.41, 5.74) is 0. The van der Waals surface area contributed by atoms with Gasteiger partial charge in [-0.15, -0.1) is 0 Å². The molecule has 23 heavy (non-hydrogen) atoms. The number of ether oxygens (including phenoxy) is 1. The third kappa shape index (κ3) is 5.54. The van der Waals surface area contributed by atoms with Gasteiger partial charge in [0.15, 0.2) is 0 Å². The smallest absolute Gasteiger partial charge is 0.242 e. The Balaban J connectivity index is 1.78. The van der Waals surface area contributed by atoms with Crippen LogP contribution < -0.4 is 10.1 Å². The molecule has 6 heteroatoms. The van der Waals surface area contributed by atoms with Gasteiger partial charge in [0.05, 0.1) is 11.1 Å². The fourth-order valence-corrected chi connectivity index (χ4v) is 2.01. The molecule has 1 atom stereocenters. The van der Waals surface area contributed by atoms with Crippen molar-refractivity contribution >= 4 is 23.3 Å². The maximum atomic E-state index is 12.2. The van der Waals surface area contributed by atoms with Crippen molar-refractivity contribution in [2.24, 2.45) is 0 Å². The SMILES string of the molecule is C[C@H](C(=O)Nc1ccc(Cl)cn1)N(C)CCOc1ccccc1. The van der Waals surface area contributed by atoms with Gasteiger partial charge in [-0.2, -0.15) is 0 Å². The number of halogens is 1. The second-order valence-electron chi connectivity index (χ2n) is 5.17. The van der Waals surface area contributed by atoms with Crippen molar-refractivity contribution in [3.63, 3.8) is 0 Å². The number of anilines is 1. The fourth-order valence-electron chi connectivity index (χ4n) is 1.90. The average molecular weight is 334 g/mol. The minimum atomic E-state index is -0.299. The number of pyridine rings is 1. The van der Waals surface area contributed by atoms with Crippen LogP contribution in [-0.4, -0.2) is 42.0 Å². The maximum absolute atomic E-state index is 12.2. The molecule has 1 aromatic carbocycles. The van der Waals surface area contributed by atoms with Crippen molar-refractivity contribution in [1.29, 1.82) is 0 Å². The lowest BCUT2D eigenvalue weighted by Gasteiger charge is -2.23. The lowest BCUT2D eigenvalue weighted by molar-refractivity contribution is -0.120. The van der Waals surface area contributed by atoms with Crippen molar-refractivity contribution in [2.45, 2.75) is 13.0 Å². The summed E-state index contributed by atoms with van der Waals surface area (Å²) in [6, 6.07) is 12.7. The first-order valence-electron chi connectivity index (χ1n) is 7.37. The highest BCUT2D eigenvalue weighted by molar-refractivity contribution is 6.30. The van der Waals surface area contributed by atoms with E-state index in [-0.39, 0.29) is 11.9 Å². The summed E-state index contributed by atoms with van der Waals surface area (Å²) in [7, 11) is 1.88. The quantitative estimate of drug-likeness (QED) is 0.846. The van der Waals surface area contributed by atoms with E-state index in [0.717, 1.165) is 5.75 Å². The first kappa shape index (κ1) is 17.2. The minimum absolute atomic E-state index is 0.123. The van der Waals surface area contributed by atoms with Gasteiger partial charge in [0.2, 0.25) is 5.91 Å². The molecule has 0 aliphatic carbocycles. The summed E-state index contributed by atoms with van der Waals surface area (Å²) in [6.07, 6.45) is 1.50. The van der Waals surface area contributed by atoms with Gasteiger partial charge < -0.3 is 10.1 Å². The van der Waals surface area contributed by atoms with Crippen molar-refractivity contribution in [1.82, 2.24) is 9.88 Å². The van der Waals surface area contributed by atoms with Gasteiger partial charge in [-0.25, -0.2) is 4.98 Å². The molecule has 0 unspecified atom stereocenters. The number of likely N-dealkylation sites (N-methyl/N-ethyl adjacent to an activating group) is 1. The molecule has 0 aliphatic rings. The second-order valence-corrected chi connectivity index (χ2v) is 5.61. The van der Waals surface area contributed by atoms with E-state index in [2.05, 4.69) is 10.3 Å². The van der Waals surface area contributed by atoms with Gasteiger partial charge in [-0.1, -0.05) is 29.8 Å². The molecular formula is C17H20ClN3O2. The van der Waals surface area contributed by atoms with Crippen LogP contribution in [0.3, 0.4) is 0 Å². The van der Waals surface area contributed by atoms with Crippen LogP contribution in [0.25, 0.3) is 0 Å². The van der Waals surface area contributed by atoms with E-state index in [1.165, 1.54) is 6.20 Å². The standard InChI is InChI=1S/C17H20ClN3O2/c1-13(17(22)20-16-9-8-14(18)12-19-16)21(2)10-11-23-15-6-4-3-5-7-15/h3-9,12-13H,10-11H2,1-2H3,(H,19,20,22)/t13-/m1/s1. The van der Waals surface area contributed by atoms with E-state index in [1.807, 2.05) is 49.2 Å². The molecule has 0 saturated heterocycles. The van der Waals surface area contributed by atoms with Gasteiger partial charge in [0.1, 0.15) is 18.2 Å². The Bertz CT molecular complexity index is 619. The molecular weight excluding hydrogens is 314 g/mol. The summed E-state index contributed by atoms with van der Waals surface area (Å²) in [5, 5.41) is 3.30. The molecule has 2 aromatic rings. The highest BCUT2D eigenvalue weighted by atomic mass is 35.5. The highest BCUT2D eigenvalue weighted by Crippen LogP contribution is 2.11. The first-order chi connectivity index (χ1) is 11.1. The lowest BCUT2D eigenvalue weighted by atomic mass is 10.2. The molecule has 1 aromatic heterocycles. The molecule has 0 fully saturated rings. The Labute approximate surface area is 141 Å². The summed E-state index contributed by atoms with van der Waals surface area (Å²) < 4.78 is 5.64. The number of para-hydroxylation sites is 1. The predicted octanol–water partition coefficient (Wildman–Crippen LogP) is 3.07. The average Bonchev–Trinajstić information content (AvgIpc) is 2.57. The Morgan fingerprint density at radius 3 is 2.70 bits per heavy atom. The van der Waals surface area contributed by atoms with Crippen molar-refractivity contribution in [3.8, 4) is 5.75 Å². The molecule has 0 spiro atoms. The zero-order chi connectivity index (χ0) is 16.7. The van der Waals surface area contributed by atoms with E-state index in [1.54, 1.807) is 12.1 Å². The molecule has 122 valence electrons. The normalized spacial score (nSPS) is 12.0. The number of carbonyl (C=O) groups is 1. The third-order valence-electron chi connectivity index (χ3n) is 3.48. The van der Waals surface area contributed by atoms with Crippen molar-refractivity contribution in [3.05, 3.63) is 53.7 Å². The molecule has 1 N–H and O–H groups in total. The van der Waals surface area contributed by atoms with E-state index in [9.17, 15) is 4.79 Å². The number of benzene rings is 1. The molecule has 1 amide bonds. The van der Waals surface area contributed by atoms with Gasteiger partial charge in [0.25, 0.3) is 0 Å². The second kappa shape index (κ2) is 8.50. The van der Waals surface area contributed by atoms with Gasteiger partial charge in [-0.05, 0) is 38.2 Å². The molecule has 0 aliphatic heterocycles. The monoisotopic (exact) mass is 333 g/mol. The Hall–Kier alpha value is -2.11. The summed E-state index contributed by atoms with van der Waals surface area (Å²) in [6.45, 7) is 2.99. The Kier molecular flexibility index (Phi) is 6.38. The number of hydrogen-bond acceptors (Lipinski definition) is 4. The molecule has 0 bridgehead atoms. The fraction of sp³-hybridized carbons (Fsp3) is 0.294. The van der Waals surface area contributed by atoms with E-state index < -0.39 is 0 Å². The van der Waals surface area contributed by atoms with E-state index in [4.69, 9.17) is 16.3 Å². The number of amides is 1. The first-order valence-corrected chi connectivity index (χ1v) is 7.74. The Morgan fingerprint density at radius 1 is 1.30 bits per heavy atom. The predicted molar refractivity (Wildman–Crippen MR) is 91.9 cm³/mol. The van der Waals surface area contributed by atoms with Crippen LogP contribution in [-0.2, 0) is 4.79 Å². The lowest BCUT2D eigenvalue weighted by Crippen LogP contribution is -2.41. The number of rotatable bonds is 7. The highest BCUT2D eigenvalue weighted by Gasteiger charge is 2.18. The Morgan fingerprint density at radius 2 is 2.04 bits per heavy atom. The largest absolute Gasteiger partial charge is 0.492 e. The molecule has 0 saturated carbocycles. The molecule has 5 nitrogen and oxygen atoms in total. The number of nitrogens with zero attached hydrogens (tertiary/aromatic N) is 2. The van der Waals surface area contributed by atoms with Crippen LogP contribution in [0.1, 0.15) is 6.92 Å².